The lowest BCUT2D eigenvalue weighted by molar-refractivity contribution is -0.385. The Bertz CT molecular complexity index is 1080. The number of esters is 1. The Hall–Kier alpha value is -3.24. The van der Waals surface area contributed by atoms with Crippen molar-refractivity contribution in [1.29, 1.82) is 0 Å². The molecule has 0 saturated carbocycles. The van der Waals surface area contributed by atoms with Gasteiger partial charge in [-0.05, 0) is 37.1 Å². The van der Waals surface area contributed by atoms with Gasteiger partial charge in [0.05, 0.1) is 16.4 Å². The fourth-order valence-electron chi connectivity index (χ4n) is 3.27. The Morgan fingerprint density at radius 3 is 2.10 bits per heavy atom. The van der Waals surface area contributed by atoms with Gasteiger partial charge in [-0.3, -0.25) is 25.0 Å². The van der Waals surface area contributed by atoms with Crippen molar-refractivity contribution in [3.05, 3.63) is 77.8 Å². The minimum absolute atomic E-state index is 0.0252. The third-order valence-corrected chi connectivity index (χ3v) is 5.17. The molecule has 1 aliphatic heterocycles. The van der Waals surface area contributed by atoms with Gasteiger partial charge in [0.2, 0.25) is 0 Å². The molecule has 3 rings (SSSR count). The number of hydrogen-bond acceptors (Lipinski definition) is 7. The first kappa shape index (κ1) is 22.4. The van der Waals surface area contributed by atoms with Gasteiger partial charge in [0, 0.05) is 28.7 Å². The maximum atomic E-state index is 12.9. The molecule has 0 radical (unpaired) electrons. The number of halogens is 2. The number of amides is 1. The summed E-state index contributed by atoms with van der Waals surface area (Å²) in [6, 6.07) is 7.21. The molecule has 1 saturated heterocycles. The van der Waals surface area contributed by atoms with Crippen LogP contribution in [0.15, 0.2) is 36.4 Å². The van der Waals surface area contributed by atoms with E-state index in [1.165, 1.54) is 23.1 Å². The number of hydrogen-bond donors (Lipinski definition) is 0. The minimum Gasteiger partial charge on any atom is -0.457 e. The Morgan fingerprint density at radius 2 is 1.52 bits per heavy atom. The van der Waals surface area contributed by atoms with Crippen LogP contribution in [0.2, 0.25) is 10.0 Å². The van der Waals surface area contributed by atoms with Crippen LogP contribution in [0.4, 0.5) is 11.4 Å². The number of ether oxygens (including phenoxy) is 1. The van der Waals surface area contributed by atoms with Gasteiger partial charge in [0.1, 0.15) is 17.2 Å². The van der Waals surface area contributed by atoms with E-state index in [-0.39, 0.29) is 33.4 Å². The number of rotatable bonds is 5. The molecular weight excluding hydrogens is 453 g/mol. The molecule has 1 heterocycles. The second kappa shape index (κ2) is 9.27. The molecule has 162 valence electrons. The molecule has 0 spiro atoms. The standard InChI is InChI=1S/C19H15Cl2N3O7/c20-11-3-5-16(23(27)28)14(8-11)18(25)22-7-1-2-13(10-22)31-19(26)15-9-12(21)4-6-17(15)24(29)30/h3-6,8-9,13H,1-2,7,10H2/t13-/m0/s1. The largest absolute Gasteiger partial charge is 0.457 e. The van der Waals surface area contributed by atoms with Crippen LogP contribution < -0.4 is 0 Å². The van der Waals surface area contributed by atoms with E-state index in [1.807, 2.05) is 0 Å². The van der Waals surface area contributed by atoms with Gasteiger partial charge in [-0.2, -0.15) is 0 Å². The van der Waals surface area contributed by atoms with E-state index < -0.39 is 33.5 Å². The highest BCUT2D eigenvalue weighted by Crippen LogP contribution is 2.27. The van der Waals surface area contributed by atoms with E-state index in [1.54, 1.807) is 0 Å². The van der Waals surface area contributed by atoms with E-state index in [0.717, 1.165) is 18.2 Å². The van der Waals surface area contributed by atoms with Gasteiger partial charge in [-0.25, -0.2) is 4.79 Å². The highest BCUT2D eigenvalue weighted by atomic mass is 35.5. The van der Waals surface area contributed by atoms with Crippen molar-refractivity contribution < 1.29 is 24.2 Å². The van der Waals surface area contributed by atoms with E-state index >= 15 is 0 Å². The first-order valence-electron chi connectivity index (χ1n) is 9.05. The number of nitro groups is 2. The summed E-state index contributed by atoms with van der Waals surface area (Å²) in [4.78, 5) is 47.8. The third kappa shape index (κ3) is 5.09. The lowest BCUT2D eigenvalue weighted by Crippen LogP contribution is -2.44. The van der Waals surface area contributed by atoms with Gasteiger partial charge in [0.25, 0.3) is 17.3 Å². The van der Waals surface area contributed by atoms with Gasteiger partial charge in [-0.1, -0.05) is 23.2 Å². The van der Waals surface area contributed by atoms with Crippen molar-refractivity contribution >= 4 is 46.5 Å². The normalized spacial score (nSPS) is 15.9. The maximum Gasteiger partial charge on any atom is 0.345 e. The van der Waals surface area contributed by atoms with Crippen LogP contribution in [-0.4, -0.2) is 45.8 Å². The summed E-state index contributed by atoms with van der Waals surface area (Å²) >= 11 is 11.7. The zero-order valence-electron chi connectivity index (χ0n) is 15.8. The molecule has 0 N–H and O–H groups in total. The molecule has 1 amide bonds. The van der Waals surface area contributed by atoms with Crippen molar-refractivity contribution in [3.8, 4) is 0 Å². The molecule has 1 atom stereocenters. The molecule has 31 heavy (non-hydrogen) atoms. The fourth-order valence-corrected chi connectivity index (χ4v) is 3.62. The number of benzene rings is 2. The summed E-state index contributed by atoms with van der Waals surface area (Å²) in [7, 11) is 0. The Balaban J connectivity index is 1.78. The third-order valence-electron chi connectivity index (χ3n) is 4.70. The highest BCUT2D eigenvalue weighted by Gasteiger charge is 2.32. The van der Waals surface area contributed by atoms with Crippen LogP contribution in [0, 0.1) is 20.2 Å². The molecule has 2 aromatic carbocycles. The molecular formula is C19H15Cl2N3O7. The summed E-state index contributed by atoms with van der Waals surface area (Å²) in [5, 5.41) is 22.7. The monoisotopic (exact) mass is 467 g/mol. The smallest absolute Gasteiger partial charge is 0.345 e. The van der Waals surface area contributed by atoms with Crippen molar-refractivity contribution in [2.75, 3.05) is 13.1 Å². The summed E-state index contributed by atoms with van der Waals surface area (Å²) in [6.45, 7) is 0.274. The summed E-state index contributed by atoms with van der Waals surface area (Å²) in [5.41, 5.74) is -1.31. The van der Waals surface area contributed by atoms with E-state index in [2.05, 4.69) is 0 Å². The minimum atomic E-state index is -0.942. The first-order valence-corrected chi connectivity index (χ1v) is 9.81. The Morgan fingerprint density at radius 1 is 0.968 bits per heavy atom. The number of nitro benzene ring substituents is 2. The number of nitrogens with zero attached hydrogens (tertiary/aromatic N) is 3. The lowest BCUT2D eigenvalue weighted by Gasteiger charge is -2.32. The molecule has 0 unspecified atom stereocenters. The van der Waals surface area contributed by atoms with Crippen molar-refractivity contribution in [1.82, 2.24) is 4.90 Å². The van der Waals surface area contributed by atoms with Crippen molar-refractivity contribution in [3.63, 3.8) is 0 Å². The Labute approximate surface area is 185 Å². The fraction of sp³-hybridized carbons (Fsp3) is 0.263. The van der Waals surface area contributed by atoms with E-state index in [9.17, 15) is 29.8 Å². The topological polar surface area (TPSA) is 133 Å². The van der Waals surface area contributed by atoms with Crippen LogP contribution in [0.1, 0.15) is 33.6 Å². The average Bonchev–Trinajstić information content (AvgIpc) is 2.72. The second-order valence-electron chi connectivity index (χ2n) is 6.76. The van der Waals surface area contributed by atoms with Gasteiger partial charge < -0.3 is 9.64 Å². The van der Waals surface area contributed by atoms with Crippen LogP contribution in [0.3, 0.4) is 0 Å². The summed E-state index contributed by atoms with van der Waals surface area (Å²) in [6.07, 6.45) is 0.138. The van der Waals surface area contributed by atoms with Crippen LogP contribution in [0.5, 0.6) is 0 Å². The lowest BCUT2D eigenvalue weighted by atomic mass is 10.1. The average molecular weight is 468 g/mol. The predicted octanol–water partition coefficient (Wildman–Crippen LogP) is 4.27. The van der Waals surface area contributed by atoms with Gasteiger partial charge in [0.15, 0.2) is 0 Å². The molecule has 0 aliphatic carbocycles. The van der Waals surface area contributed by atoms with Gasteiger partial charge in [-0.15, -0.1) is 0 Å². The molecule has 1 aliphatic rings. The van der Waals surface area contributed by atoms with Crippen LogP contribution in [-0.2, 0) is 4.74 Å². The quantitative estimate of drug-likeness (QED) is 0.364. The van der Waals surface area contributed by atoms with Gasteiger partial charge >= 0.3 is 5.97 Å². The molecule has 2 aromatic rings. The number of carbonyl (C=O) groups excluding carboxylic acids is 2. The van der Waals surface area contributed by atoms with Crippen LogP contribution in [0.25, 0.3) is 0 Å². The highest BCUT2D eigenvalue weighted by molar-refractivity contribution is 6.31. The molecule has 12 heteroatoms. The maximum absolute atomic E-state index is 12.9. The zero-order chi connectivity index (χ0) is 22.7. The summed E-state index contributed by atoms with van der Waals surface area (Å²) in [5.74, 6) is -1.56. The Kier molecular flexibility index (Phi) is 6.71. The number of piperidine rings is 1. The van der Waals surface area contributed by atoms with Crippen LogP contribution >= 0.6 is 23.2 Å². The van der Waals surface area contributed by atoms with Crippen molar-refractivity contribution in [2.45, 2.75) is 18.9 Å². The summed E-state index contributed by atoms with van der Waals surface area (Å²) < 4.78 is 5.39. The zero-order valence-corrected chi connectivity index (χ0v) is 17.3. The van der Waals surface area contributed by atoms with E-state index in [0.29, 0.717) is 19.4 Å². The molecule has 0 bridgehead atoms. The molecule has 0 aromatic heterocycles. The number of carbonyl (C=O) groups is 2. The SMILES string of the molecule is O=C(O[C@H]1CCCN(C(=O)c2cc(Cl)ccc2[N+](=O)[O-])C1)c1cc(Cl)ccc1[N+](=O)[O-]. The first-order chi connectivity index (χ1) is 14.7. The molecule has 1 fully saturated rings. The second-order valence-corrected chi connectivity index (χ2v) is 7.63. The molecule has 10 nitrogen and oxygen atoms in total. The van der Waals surface area contributed by atoms with Crippen molar-refractivity contribution in [2.24, 2.45) is 0 Å². The predicted molar refractivity (Wildman–Crippen MR) is 111 cm³/mol. The van der Waals surface area contributed by atoms with E-state index in [4.69, 9.17) is 27.9 Å². The number of likely N-dealkylation sites (tertiary alicyclic amines) is 1.